The third kappa shape index (κ3) is 5.77. The summed E-state index contributed by atoms with van der Waals surface area (Å²) >= 11 is 0. The Kier molecular flexibility index (Phi) is 8.03. The molecule has 8 heteroatoms. The number of carbonyl (C=O) groups is 3. The maximum absolute atomic E-state index is 13.3. The number of nitrogens with one attached hydrogen (secondary N) is 1. The number of ketones is 1. The molecule has 29 heavy (non-hydrogen) atoms. The molecule has 1 aliphatic carbocycles. The minimum atomic E-state index is -0.337. The zero-order valence-electron chi connectivity index (χ0n) is 17.9. The molecule has 1 N–H and O–H groups in total. The Bertz CT molecular complexity index is 593. The largest absolute Gasteiger partial charge is 0.383 e. The lowest BCUT2D eigenvalue weighted by molar-refractivity contribution is -0.138. The molecule has 8 nitrogen and oxygen atoms in total. The number of hydrogen-bond acceptors (Lipinski definition) is 6. The first kappa shape index (κ1) is 22.2. The Hall–Kier alpha value is -1.51. The van der Waals surface area contributed by atoms with Crippen molar-refractivity contribution in [1.29, 1.82) is 0 Å². The quantitative estimate of drug-likeness (QED) is 0.676. The van der Waals surface area contributed by atoms with Crippen LogP contribution in [0.1, 0.15) is 38.5 Å². The standard InChI is InChI=1S/C21H36N4O4/c1-23-15-17(13-16-14-18(26)5-6-19(16)23)20(27)25(11-12-29-2)21(28)22-7-10-24-8-3-4-9-24/h16-17,19H,3-15H2,1-2H3,(H,22,28)/t16-,17-,19-/m1/s1. The van der Waals surface area contributed by atoms with Gasteiger partial charge in [0, 0.05) is 45.6 Å². The molecule has 3 atom stereocenters. The summed E-state index contributed by atoms with van der Waals surface area (Å²) in [6.07, 6.45) is 5.19. The fourth-order valence-electron chi connectivity index (χ4n) is 5.14. The van der Waals surface area contributed by atoms with Crippen LogP contribution < -0.4 is 5.32 Å². The van der Waals surface area contributed by atoms with E-state index in [-0.39, 0.29) is 30.3 Å². The summed E-state index contributed by atoms with van der Waals surface area (Å²) in [6, 6.07) is 0.0363. The molecule has 0 radical (unpaired) electrons. The van der Waals surface area contributed by atoms with Crippen LogP contribution in [0.25, 0.3) is 0 Å². The molecule has 2 heterocycles. The van der Waals surface area contributed by atoms with Gasteiger partial charge in [0.1, 0.15) is 5.78 Å². The zero-order chi connectivity index (χ0) is 20.8. The predicted molar refractivity (Wildman–Crippen MR) is 110 cm³/mol. The van der Waals surface area contributed by atoms with Gasteiger partial charge in [-0.15, -0.1) is 0 Å². The SMILES string of the molecule is COCCN(C(=O)NCCN1CCCC1)C(=O)[C@@H]1C[C@@H]2CC(=O)CC[C@H]2N(C)C1. The van der Waals surface area contributed by atoms with Crippen molar-refractivity contribution in [2.24, 2.45) is 11.8 Å². The first-order valence-electron chi connectivity index (χ1n) is 11.0. The van der Waals surface area contributed by atoms with Gasteiger partial charge in [-0.1, -0.05) is 0 Å². The van der Waals surface area contributed by atoms with Crippen LogP contribution in [0.4, 0.5) is 4.79 Å². The van der Waals surface area contributed by atoms with E-state index >= 15 is 0 Å². The van der Waals surface area contributed by atoms with Gasteiger partial charge in [0.25, 0.3) is 0 Å². The average Bonchev–Trinajstić information content (AvgIpc) is 3.21. The van der Waals surface area contributed by atoms with E-state index in [4.69, 9.17) is 4.74 Å². The molecule has 1 saturated carbocycles. The van der Waals surface area contributed by atoms with Gasteiger partial charge in [-0.05, 0) is 51.7 Å². The minimum absolute atomic E-state index is 0.149. The summed E-state index contributed by atoms with van der Waals surface area (Å²) in [4.78, 5) is 43.8. The number of hydrogen-bond donors (Lipinski definition) is 1. The van der Waals surface area contributed by atoms with Crippen molar-refractivity contribution in [2.45, 2.75) is 44.6 Å². The van der Waals surface area contributed by atoms with Crippen molar-refractivity contribution in [3.05, 3.63) is 0 Å². The van der Waals surface area contributed by atoms with E-state index in [0.29, 0.717) is 50.8 Å². The lowest BCUT2D eigenvalue weighted by atomic mass is 9.74. The van der Waals surface area contributed by atoms with Crippen molar-refractivity contribution >= 4 is 17.7 Å². The molecule has 2 saturated heterocycles. The first-order chi connectivity index (χ1) is 14.0. The average molecular weight is 409 g/mol. The Balaban J connectivity index is 1.58. The normalized spacial score (nSPS) is 28.2. The number of likely N-dealkylation sites (tertiary alicyclic amines) is 2. The summed E-state index contributed by atoms with van der Waals surface area (Å²) in [6.45, 7) is 4.72. The van der Waals surface area contributed by atoms with Crippen LogP contribution in [-0.2, 0) is 14.3 Å². The molecule has 3 rings (SSSR count). The Morgan fingerprint density at radius 3 is 2.76 bits per heavy atom. The number of Topliss-reactive ketones (excluding diaryl/α,β-unsaturated/α-hetero) is 1. The second-order valence-corrected chi connectivity index (χ2v) is 8.74. The Morgan fingerprint density at radius 1 is 1.28 bits per heavy atom. The molecule has 0 unspecified atom stereocenters. The number of methoxy groups -OCH3 is 1. The molecule has 0 bridgehead atoms. The summed E-state index contributed by atoms with van der Waals surface area (Å²) < 4.78 is 5.13. The van der Waals surface area contributed by atoms with E-state index in [1.54, 1.807) is 7.11 Å². The van der Waals surface area contributed by atoms with Crippen LogP contribution in [-0.4, -0.2) is 98.5 Å². The van der Waals surface area contributed by atoms with E-state index in [9.17, 15) is 14.4 Å². The third-order valence-electron chi connectivity index (χ3n) is 6.70. The molecule has 0 aromatic rings. The number of imide groups is 1. The molecule has 3 aliphatic rings. The smallest absolute Gasteiger partial charge is 0.324 e. The second kappa shape index (κ2) is 10.5. The highest BCUT2D eigenvalue weighted by Gasteiger charge is 2.42. The molecule has 2 aliphatic heterocycles. The zero-order valence-corrected chi connectivity index (χ0v) is 17.9. The van der Waals surface area contributed by atoms with Crippen LogP contribution in [0.3, 0.4) is 0 Å². The molecule has 0 aromatic carbocycles. The van der Waals surface area contributed by atoms with Gasteiger partial charge < -0.3 is 19.9 Å². The number of carbonyl (C=O) groups excluding carboxylic acids is 3. The van der Waals surface area contributed by atoms with E-state index in [2.05, 4.69) is 15.1 Å². The number of urea groups is 1. The molecule has 3 amide bonds. The molecule has 0 aromatic heterocycles. The van der Waals surface area contributed by atoms with E-state index in [0.717, 1.165) is 26.1 Å². The van der Waals surface area contributed by atoms with Gasteiger partial charge in [-0.25, -0.2) is 4.79 Å². The monoisotopic (exact) mass is 408 g/mol. The van der Waals surface area contributed by atoms with E-state index < -0.39 is 0 Å². The van der Waals surface area contributed by atoms with Crippen molar-refractivity contribution < 1.29 is 19.1 Å². The molecule has 0 spiro atoms. The van der Waals surface area contributed by atoms with E-state index in [1.807, 2.05) is 7.05 Å². The van der Waals surface area contributed by atoms with Gasteiger partial charge in [0.2, 0.25) is 5.91 Å². The maximum Gasteiger partial charge on any atom is 0.324 e. The fourth-order valence-corrected chi connectivity index (χ4v) is 5.14. The maximum atomic E-state index is 13.3. The number of ether oxygens (including phenoxy) is 1. The Morgan fingerprint density at radius 2 is 2.03 bits per heavy atom. The number of fused-ring (bicyclic) bond motifs is 1. The predicted octanol–water partition coefficient (Wildman–Crippen LogP) is 0.956. The summed E-state index contributed by atoms with van der Waals surface area (Å²) in [5, 5.41) is 2.91. The van der Waals surface area contributed by atoms with Crippen LogP contribution >= 0.6 is 0 Å². The fraction of sp³-hybridized carbons (Fsp3) is 0.857. The van der Waals surface area contributed by atoms with Gasteiger partial charge in [-0.2, -0.15) is 0 Å². The molecule has 164 valence electrons. The highest BCUT2D eigenvalue weighted by Crippen LogP contribution is 2.36. The van der Waals surface area contributed by atoms with Crippen molar-refractivity contribution in [1.82, 2.24) is 20.0 Å². The summed E-state index contributed by atoms with van der Waals surface area (Å²) in [7, 11) is 3.60. The number of nitrogens with zero attached hydrogens (tertiary/aromatic N) is 3. The van der Waals surface area contributed by atoms with E-state index in [1.165, 1.54) is 17.7 Å². The number of piperidine rings is 1. The highest BCUT2D eigenvalue weighted by molar-refractivity contribution is 5.95. The van der Waals surface area contributed by atoms with Gasteiger partial charge in [0.05, 0.1) is 19.1 Å². The summed E-state index contributed by atoms with van der Waals surface area (Å²) in [5.74, 6) is 0.104. The minimum Gasteiger partial charge on any atom is -0.383 e. The van der Waals surface area contributed by atoms with Crippen LogP contribution in [0.2, 0.25) is 0 Å². The van der Waals surface area contributed by atoms with Gasteiger partial charge in [-0.3, -0.25) is 14.5 Å². The van der Waals surface area contributed by atoms with Crippen molar-refractivity contribution in [3.63, 3.8) is 0 Å². The lowest BCUT2D eigenvalue weighted by Gasteiger charge is -2.45. The highest BCUT2D eigenvalue weighted by atomic mass is 16.5. The van der Waals surface area contributed by atoms with Gasteiger partial charge in [0.15, 0.2) is 0 Å². The third-order valence-corrected chi connectivity index (χ3v) is 6.70. The topological polar surface area (TPSA) is 82.2 Å². The van der Waals surface area contributed by atoms with Crippen LogP contribution in [0.5, 0.6) is 0 Å². The number of rotatable bonds is 7. The molecular formula is C21H36N4O4. The number of amides is 3. The Labute approximate surface area is 173 Å². The molecule has 3 fully saturated rings. The second-order valence-electron chi connectivity index (χ2n) is 8.74. The van der Waals surface area contributed by atoms with Crippen molar-refractivity contribution in [3.8, 4) is 0 Å². The first-order valence-corrected chi connectivity index (χ1v) is 11.0. The summed E-state index contributed by atoms with van der Waals surface area (Å²) in [5.41, 5.74) is 0. The van der Waals surface area contributed by atoms with Gasteiger partial charge >= 0.3 is 6.03 Å². The van der Waals surface area contributed by atoms with Crippen molar-refractivity contribution in [2.75, 3.05) is 60.0 Å². The van der Waals surface area contributed by atoms with Crippen LogP contribution in [0, 0.1) is 11.8 Å². The lowest BCUT2D eigenvalue weighted by Crippen LogP contribution is -2.55. The molecular weight excluding hydrogens is 372 g/mol. The van der Waals surface area contributed by atoms with Crippen LogP contribution in [0.15, 0.2) is 0 Å².